The molecule has 0 spiro atoms. The first kappa shape index (κ1) is 14.7. The molecule has 1 amide bonds. The van der Waals surface area contributed by atoms with E-state index in [2.05, 4.69) is 4.72 Å². The molecule has 0 fully saturated rings. The van der Waals surface area contributed by atoms with Crippen molar-refractivity contribution in [2.75, 3.05) is 0 Å². The quantitative estimate of drug-likeness (QED) is 0.841. The lowest BCUT2D eigenvalue weighted by molar-refractivity contribution is 0.0999. The molecule has 1 aromatic rings. The fourth-order valence-corrected chi connectivity index (χ4v) is 2.80. The molecule has 18 heavy (non-hydrogen) atoms. The number of amides is 1. The molecular weight excluding hydrogens is 252 g/mol. The van der Waals surface area contributed by atoms with Crippen molar-refractivity contribution in [1.82, 2.24) is 4.72 Å². The zero-order chi connectivity index (χ0) is 13.9. The normalized spacial score (nSPS) is 13.3. The summed E-state index contributed by atoms with van der Waals surface area (Å²) in [5, 5.41) is 0. The van der Waals surface area contributed by atoms with Crippen LogP contribution in [0.5, 0.6) is 0 Å². The third-order valence-corrected chi connectivity index (χ3v) is 4.34. The molecule has 3 N–H and O–H groups in total. The molecule has 100 valence electrons. The molecule has 6 heteroatoms. The SMILES string of the molecule is CC[C@H](C)NS(=O)(=O)c1ccc(C)c(C(N)=O)c1. The lowest BCUT2D eigenvalue weighted by atomic mass is 10.1. The Balaban J connectivity index is 3.18. The van der Waals surface area contributed by atoms with Gasteiger partial charge in [-0.1, -0.05) is 13.0 Å². The van der Waals surface area contributed by atoms with E-state index in [1.165, 1.54) is 12.1 Å². The zero-order valence-corrected chi connectivity index (χ0v) is 11.5. The highest BCUT2D eigenvalue weighted by Gasteiger charge is 2.18. The van der Waals surface area contributed by atoms with Crippen LogP contribution in [0.25, 0.3) is 0 Å². The van der Waals surface area contributed by atoms with Gasteiger partial charge in [-0.15, -0.1) is 0 Å². The smallest absolute Gasteiger partial charge is 0.249 e. The lowest BCUT2D eigenvalue weighted by Gasteiger charge is -2.13. The molecule has 1 aromatic carbocycles. The second kappa shape index (κ2) is 5.49. The van der Waals surface area contributed by atoms with E-state index >= 15 is 0 Å². The molecule has 0 heterocycles. The summed E-state index contributed by atoms with van der Waals surface area (Å²) in [6.45, 7) is 5.37. The summed E-state index contributed by atoms with van der Waals surface area (Å²) >= 11 is 0. The van der Waals surface area contributed by atoms with E-state index in [1.807, 2.05) is 6.92 Å². The van der Waals surface area contributed by atoms with Crippen molar-refractivity contribution in [3.63, 3.8) is 0 Å². The number of hydrogen-bond donors (Lipinski definition) is 2. The van der Waals surface area contributed by atoms with Crippen molar-refractivity contribution < 1.29 is 13.2 Å². The predicted molar refractivity (Wildman–Crippen MR) is 69.8 cm³/mol. The molecule has 0 unspecified atom stereocenters. The predicted octanol–water partition coefficient (Wildman–Crippen LogP) is 1.17. The van der Waals surface area contributed by atoms with E-state index < -0.39 is 15.9 Å². The maximum absolute atomic E-state index is 12.0. The third kappa shape index (κ3) is 3.30. The maximum atomic E-state index is 12.0. The van der Waals surface area contributed by atoms with Crippen LogP contribution in [0.1, 0.15) is 36.2 Å². The van der Waals surface area contributed by atoms with Crippen LogP contribution in [-0.4, -0.2) is 20.4 Å². The van der Waals surface area contributed by atoms with Crippen LogP contribution in [0, 0.1) is 6.92 Å². The average molecular weight is 270 g/mol. The van der Waals surface area contributed by atoms with Gasteiger partial charge in [0.25, 0.3) is 0 Å². The lowest BCUT2D eigenvalue weighted by Crippen LogP contribution is -2.32. The van der Waals surface area contributed by atoms with Crippen molar-refractivity contribution in [2.24, 2.45) is 5.73 Å². The molecule has 0 aliphatic carbocycles. The first-order chi connectivity index (χ1) is 8.27. The number of rotatable bonds is 5. The number of nitrogens with two attached hydrogens (primary N) is 1. The van der Waals surface area contributed by atoms with Gasteiger partial charge in [-0.25, -0.2) is 13.1 Å². The number of nitrogens with one attached hydrogen (secondary N) is 1. The second-order valence-corrected chi connectivity index (χ2v) is 5.99. The minimum Gasteiger partial charge on any atom is -0.366 e. The van der Waals surface area contributed by atoms with E-state index in [1.54, 1.807) is 19.9 Å². The van der Waals surface area contributed by atoms with Gasteiger partial charge in [-0.2, -0.15) is 0 Å². The maximum Gasteiger partial charge on any atom is 0.249 e. The minimum absolute atomic E-state index is 0.0576. The van der Waals surface area contributed by atoms with Crippen molar-refractivity contribution in [1.29, 1.82) is 0 Å². The Kier molecular flexibility index (Phi) is 4.48. The molecule has 1 rings (SSSR count). The highest BCUT2D eigenvalue weighted by molar-refractivity contribution is 7.89. The van der Waals surface area contributed by atoms with Gasteiger partial charge in [0, 0.05) is 11.6 Å². The molecule has 0 saturated heterocycles. The summed E-state index contributed by atoms with van der Waals surface area (Å²) in [7, 11) is -3.60. The van der Waals surface area contributed by atoms with Gasteiger partial charge < -0.3 is 5.73 Å². The van der Waals surface area contributed by atoms with E-state index in [4.69, 9.17) is 5.73 Å². The number of sulfonamides is 1. The molecule has 0 aromatic heterocycles. The molecule has 0 bridgehead atoms. The zero-order valence-electron chi connectivity index (χ0n) is 10.7. The first-order valence-electron chi connectivity index (χ1n) is 5.70. The van der Waals surface area contributed by atoms with E-state index in [0.717, 1.165) is 0 Å². The highest BCUT2D eigenvalue weighted by atomic mass is 32.2. The van der Waals surface area contributed by atoms with Gasteiger partial charge in [0.2, 0.25) is 15.9 Å². The number of hydrogen-bond acceptors (Lipinski definition) is 3. The van der Waals surface area contributed by atoms with Crippen LogP contribution in [0.4, 0.5) is 0 Å². The van der Waals surface area contributed by atoms with Crippen LogP contribution < -0.4 is 10.5 Å². The largest absolute Gasteiger partial charge is 0.366 e. The number of carbonyl (C=O) groups is 1. The van der Waals surface area contributed by atoms with Gasteiger partial charge in [0.1, 0.15) is 0 Å². The molecule has 5 nitrogen and oxygen atoms in total. The van der Waals surface area contributed by atoms with Crippen molar-refractivity contribution in [3.8, 4) is 0 Å². The standard InChI is InChI=1S/C12H18N2O3S/c1-4-9(3)14-18(16,17)10-6-5-8(2)11(7-10)12(13)15/h5-7,9,14H,4H2,1-3H3,(H2,13,15)/t9-/m0/s1. The van der Waals surface area contributed by atoms with Crippen LogP contribution in [-0.2, 0) is 10.0 Å². The van der Waals surface area contributed by atoms with E-state index in [-0.39, 0.29) is 16.5 Å². The average Bonchev–Trinajstić information content (AvgIpc) is 2.28. The topological polar surface area (TPSA) is 89.3 Å². The molecule has 1 atom stereocenters. The number of aryl methyl sites for hydroxylation is 1. The number of benzene rings is 1. The van der Waals surface area contributed by atoms with E-state index in [0.29, 0.717) is 12.0 Å². The van der Waals surface area contributed by atoms with E-state index in [9.17, 15) is 13.2 Å². The van der Waals surface area contributed by atoms with Gasteiger partial charge in [0.05, 0.1) is 4.90 Å². The summed E-state index contributed by atoms with van der Waals surface area (Å²) in [5.74, 6) is -0.631. The first-order valence-corrected chi connectivity index (χ1v) is 7.19. The van der Waals surface area contributed by atoms with Gasteiger partial charge >= 0.3 is 0 Å². The Hall–Kier alpha value is -1.40. The molecule has 0 aliphatic heterocycles. The number of primary amides is 1. The third-order valence-electron chi connectivity index (χ3n) is 2.75. The van der Waals surface area contributed by atoms with Crippen LogP contribution in [0.15, 0.2) is 23.1 Å². The second-order valence-electron chi connectivity index (χ2n) is 4.27. The Morgan fingerprint density at radius 2 is 2.06 bits per heavy atom. The van der Waals surface area contributed by atoms with Crippen molar-refractivity contribution >= 4 is 15.9 Å². The van der Waals surface area contributed by atoms with Crippen LogP contribution in [0.3, 0.4) is 0 Å². The summed E-state index contributed by atoms with van der Waals surface area (Å²) in [6, 6.07) is 4.19. The molecular formula is C12H18N2O3S. The summed E-state index contributed by atoms with van der Waals surface area (Å²) < 4.78 is 26.6. The van der Waals surface area contributed by atoms with Crippen molar-refractivity contribution in [3.05, 3.63) is 29.3 Å². The monoisotopic (exact) mass is 270 g/mol. The summed E-state index contributed by atoms with van der Waals surface area (Å²) in [4.78, 5) is 11.2. The molecule has 0 radical (unpaired) electrons. The van der Waals surface area contributed by atoms with Crippen LogP contribution >= 0.6 is 0 Å². The Bertz CT molecular complexity index is 552. The van der Waals surface area contributed by atoms with Crippen molar-refractivity contribution in [2.45, 2.75) is 38.1 Å². The summed E-state index contributed by atoms with van der Waals surface area (Å²) in [5.41, 5.74) is 6.08. The minimum atomic E-state index is -3.60. The number of carbonyl (C=O) groups excluding carboxylic acids is 1. The van der Waals surface area contributed by atoms with Gasteiger partial charge in [0.15, 0.2) is 0 Å². The highest BCUT2D eigenvalue weighted by Crippen LogP contribution is 2.15. The fourth-order valence-electron chi connectivity index (χ4n) is 1.45. The molecule has 0 aliphatic rings. The van der Waals surface area contributed by atoms with Gasteiger partial charge in [-0.3, -0.25) is 4.79 Å². The van der Waals surface area contributed by atoms with Gasteiger partial charge in [-0.05, 0) is 38.0 Å². The Morgan fingerprint density at radius 1 is 1.44 bits per heavy atom. The summed E-state index contributed by atoms with van der Waals surface area (Å²) in [6.07, 6.45) is 0.688. The fraction of sp³-hybridized carbons (Fsp3) is 0.417. The Morgan fingerprint density at radius 3 is 2.56 bits per heavy atom. The van der Waals surface area contributed by atoms with Crippen LogP contribution in [0.2, 0.25) is 0 Å². The molecule has 0 saturated carbocycles. The Labute approximate surface area is 107 Å².